The van der Waals surface area contributed by atoms with Gasteiger partial charge in [-0.2, -0.15) is 5.10 Å². The molecule has 2 rings (SSSR count). The van der Waals surface area contributed by atoms with E-state index in [9.17, 15) is 4.79 Å². The molecule has 0 radical (unpaired) electrons. The van der Waals surface area contributed by atoms with Crippen molar-refractivity contribution >= 4 is 33.0 Å². The van der Waals surface area contributed by atoms with Crippen molar-refractivity contribution in [3.8, 4) is 0 Å². The Morgan fingerprint density at radius 2 is 2.18 bits per heavy atom. The number of hydrogen-bond donors (Lipinski definition) is 0. The number of aryl methyl sites for hydroxylation is 1. The summed E-state index contributed by atoms with van der Waals surface area (Å²) in [5.74, 6) is 0.0949. The zero-order valence-electron chi connectivity index (χ0n) is 9.95. The number of rotatable bonds is 3. The molecule has 0 unspecified atom stereocenters. The molecule has 0 bridgehead atoms. The van der Waals surface area contributed by atoms with Crippen LogP contribution < -0.4 is 0 Å². The van der Waals surface area contributed by atoms with E-state index in [0.717, 1.165) is 26.3 Å². The minimum absolute atomic E-state index is 0.0949. The number of nitrogens with zero attached hydrogens (tertiary/aromatic N) is 2. The molecular formula is C12H13BrN2OS. The summed E-state index contributed by atoms with van der Waals surface area (Å²) in [5, 5.41) is 6.28. The third-order valence-electron chi connectivity index (χ3n) is 2.91. The van der Waals surface area contributed by atoms with Gasteiger partial charge in [0.05, 0.1) is 10.6 Å². The van der Waals surface area contributed by atoms with E-state index >= 15 is 0 Å². The van der Waals surface area contributed by atoms with E-state index in [-0.39, 0.29) is 5.78 Å². The Morgan fingerprint density at radius 3 is 2.65 bits per heavy atom. The van der Waals surface area contributed by atoms with E-state index in [1.807, 2.05) is 32.2 Å². The molecule has 2 heterocycles. The Morgan fingerprint density at radius 1 is 1.47 bits per heavy atom. The summed E-state index contributed by atoms with van der Waals surface area (Å²) in [7, 11) is 0. The summed E-state index contributed by atoms with van der Waals surface area (Å²) in [6.07, 6.45) is 0. The van der Waals surface area contributed by atoms with E-state index in [0.29, 0.717) is 6.54 Å². The van der Waals surface area contributed by atoms with Gasteiger partial charge in [-0.25, -0.2) is 0 Å². The number of Topliss-reactive ketones (excluding diaryl/α,β-unsaturated/α-hetero) is 1. The van der Waals surface area contributed by atoms with Crippen LogP contribution in [0, 0.1) is 20.8 Å². The van der Waals surface area contributed by atoms with Crippen molar-refractivity contribution < 1.29 is 4.79 Å². The number of thiophene rings is 1. The normalized spacial score (nSPS) is 10.8. The lowest BCUT2D eigenvalue weighted by Crippen LogP contribution is -2.12. The van der Waals surface area contributed by atoms with Crippen LogP contribution in [-0.4, -0.2) is 15.6 Å². The molecule has 0 atom stereocenters. The van der Waals surface area contributed by atoms with Gasteiger partial charge in [0.25, 0.3) is 0 Å². The van der Waals surface area contributed by atoms with Gasteiger partial charge >= 0.3 is 0 Å². The summed E-state index contributed by atoms with van der Waals surface area (Å²) in [6, 6.07) is 1.89. The molecule has 17 heavy (non-hydrogen) atoms. The van der Waals surface area contributed by atoms with E-state index in [2.05, 4.69) is 21.0 Å². The average molecular weight is 313 g/mol. The molecule has 0 N–H and O–H groups in total. The van der Waals surface area contributed by atoms with Gasteiger partial charge < -0.3 is 0 Å². The SMILES string of the molecule is Cc1nn(CC(=O)c2sccc2Br)c(C)c1C. The predicted octanol–water partition coefficient (Wildman–Crippen LogP) is 3.52. The zero-order valence-corrected chi connectivity index (χ0v) is 12.4. The van der Waals surface area contributed by atoms with Crippen molar-refractivity contribution in [2.24, 2.45) is 0 Å². The van der Waals surface area contributed by atoms with Gasteiger partial charge in [0, 0.05) is 10.2 Å². The molecular weight excluding hydrogens is 300 g/mol. The highest BCUT2D eigenvalue weighted by molar-refractivity contribution is 9.10. The van der Waals surface area contributed by atoms with Gasteiger partial charge in [0.1, 0.15) is 6.54 Å². The van der Waals surface area contributed by atoms with Gasteiger partial charge in [-0.1, -0.05) is 0 Å². The van der Waals surface area contributed by atoms with Crippen LogP contribution in [-0.2, 0) is 6.54 Å². The van der Waals surface area contributed by atoms with Crippen LogP contribution in [0.15, 0.2) is 15.9 Å². The van der Waals surface area contributed by atoms with Gasteiger partial charge in [-0.05, 0) is 53.7 Å². The van der Waals surface area contributed by atoms with Crippen molar-refractivity contribution in [2.75, 3.05) is 0 Å². The quantitative estimate of drug-likeness (QED) is 0.813. The Kier molecular flexibility index (Phi) is 3.49. The molecule has 2 aromatic rings. The van der Waals surface area contributed by atoms with E-state index < -0.39 is 0 Å². The minimum Gasteiger partial charge on any atom is -0.291 e. The van der Waals surface area contributed by atoms with Gasteiger partial charge in [0.15, 0.2) is 5.78 Å². The fourth-order valence-corrected chi connectivity index (χ4v) is 3.17. The second kappa shape index (κ2) is 4.74. The predicted molar refractivity (Wildman–Crippen MR) is 72.8 cm³/mol. The summed E-state index contributed by atoms with van der Waals surface area (Å²) in [4.78, 5) is 12.8. The number of aromatic nitrogens is 2. The third kappa shape index (κ3) is 2.35. The van der Waals surface area contributed by atoms with Crippen molar-refractivity contribution in [3.05, 3.63) is 37.7 Å². The maximum absolute atomic E-state index is 12.1. The van der Waals surface area contributed by atoms with E-state index in [1.165, 1.54) is 11.3 Å². The van der Waals surface area contributed by atoms with Crippen molar-refractivity contribution in [1.29, 1.82) is 0 Å². The monoisotopic (exact) mass is 312 g/mol. The molecule has 0 aliphatic heterocycles. The van der Waals surface area contributed by atoms with Gasteiger partial charge in [0.2, 0.25) is 0 Å². The Labute approximate surface area is 113 Å². The third-order valence-corrected chi connectivity index (χ3v) is 4.79. The van der Waals surface area contributed by atoms with Crippen LogP contribution in [0.25, 0.3) is 0 Å². The highest BCUT2D eigenvalue weighted by atomic mass is 79.9. The summed E-state index contributed by atoms with van der Waals surface area (Å²) in [5.41, 5.74) is 3.20. The van der Waals surface area contributed by atoms with Crippen molar-refractivity contribution in [3.63, 3.8) is 0 Å². The average Bonchev–Trinajstić information content (AvgIpc) is 2.80. The maximum Gasteiger partial charge on any atom is 0.195 e. The fraction of sp³-hybridized carbons (Fsp3) is 0.333. The Hall–Kier alpha value is -0.940. The second-order valence-electron chi connectivity index (χ2n) is 3.97. The smallest absolute Gasteiger partial charge is 0.195 e. The fourth-order valence-electron chi connectivity index (χ4n) is 1.64. The molecule has 90 valence electrons. The van der Waals surface area contributed by atoms with Crippen LogP contribution in [0.3, 0.4) is 0 Å². The van der Waals surface area contributed by atoms with Gasteiger partial charge in [-0.3, -0.25) is 9.48 Å². The highest BCUT2D eigenvalue weighted by Crippen LogP contribution is 2.24. The molecule has 2 aromatic heterocycles. The molecule has 0 spiro atoms. The number of ketones is 1. The molecule has 0 aromatic carbocycles. The Balaban J connectivity index is 2.25. The first kappa shape index (κ1) is 12.5. The molecule has 0 aliphatic rings. The molecule has 0 saturated carbocycles. The van der Waals surface area contributed by atoms with E-state index in [1.54, 1.807) is 4.68 Å². The zero-order chi connectivity index (χ0) is 12.6. The molecule has 5 heteroatoms. The largest absolute Gasteiger partial charge is 0.291 e. The van der Waals surface area contributed by atoms with Crippen LogP contribution in [0.1, 0.15) is 26.6 Å². The molecule has 3 nitrogen and oxygen atoms in total. The molecule has 0 amide bonds. The summed E-state index contributed by atoms with van der Waals surface area (Å²) in [6.45, 7) is 6.29. The number of carbonyl (C=O) groups excluding carboxylic acids is 1. The first-order valence-corrected chi connectivity index (χ1v) is 6.94. The lowest BCUT2D eigenvalue weighted by Gasteiger charge is -2.03. The van der Waals surface area contributed by atoms with E-state index in [4.69, 9.17) is 0 Å². The number of halogens is 1. The topological polar surface area (TPSA) is 34.9 Å². The van der Waals surface area contributed by atoms with Crippen molar-refractivity contribution in [1.82, 2.24) is 9.78 Å². The summed E-state index contributed by atoms with van der Waals surface area (Å²) >= 11 is 4.83. The maximum atomic E-state index is 12.1. The van der Waals surface area contributed by atoms with Crippen LogP contribution >= 0.6 is 27.3 Å². The second-order valence-corrected chi connectivity index (χ2v) is 5.74. The van der Waals surface area contributed by atoms with Crippen LogP contribution in [0.2, 0.25) is 0 Å². The van der Waals surface area contributed by atoms with Gasteiger partial charge in [-0.15, -0.1) is 11.3 Å². The highest BCUT2D eigenvalue weighted by Gasteiger charge is 2.15. The van der Waals surface area contributed by atoms with Crippen LogP contribution in [0.5, 0.6) is 0 Å². The molecule has 0 aliphatic carbocycles. The minimum atomic E-state index is 0.0949. The standard InChI is InChI=1S/C12H13BrN2OS/c1-7-8(2)14-15(9(7)3)6-11(16)12-10(13)4-5-17-12/h4-5H,6H2,1-3H3. The summed E-state index contributed by atoms with van der Waals surface area (Å²) < 4.78 is 2.64. The first-order valence-electron chi connectivity index (χ1n) is 5.27. The van der Waals surface area contributed by atoms with Crippen LogP contribution in [0.4, 0.5) is 0 Å². The lowest BCUT2D eigenvalue weighted by atomic mass is 10.2. The first-order chi connectivity index (χ1) is 8.00. The molecule has 0 fully saturated rings. The number of hydrogen-bond acceptors (Lipinski definition) is 3. The number of carbonyl (C=O) groups is 1. The lowest BCUT2D eigenvalue weighted by molar-refractivity contribution is 0.0970. The van der Waals surface area contributed by atoms with Crippen molar-refractivity contribution in [2.45, 2.75) is 27.3 Å². The molecule has 0 saturated heterocycles. The Bertz CT molecular complexity index is 571.